The van der Waals surface area contributed by atoms with Crippen molar-refractivity contribution in [1.82, 2.24) is 10.1 Å². The molecule has 2 heterocycles. The predicted molar refractivity (Wildman–Crippen MR) is 85.9 cm³/mol. The fourth-order valence-electron chi connectivity index (χ4n) is 2.03. The van der Waals surface area contributed by atoms with Gasteiger partial charge in [0.05, 0.1) is 11.3 Å². The average Bonchev–Trinajstić information content (AvgIpc) is 3.13. The molecule has 3 aromatic rings. The fourth-order valence-corrected chi connectivity index (χ4v) is 2.68. The van der Waals surface area contributed by atoms with Crippen molar-refractivity contribution in [3.8, 4) is 10.8 Å². The van der Waals surface area contributed by atoms with E-state index in [4.69, 9.17) is 4.52 Å². The third-order valence-corrected chi connectivity index (χ3v) is 4.04. The topological polar surface area (TPSA) is 68.0 Å². The van der Waals surface area contributed by atoms with Gasteiger partial charge in [0, 0.05) is 5.69 Å². The number of thiophene rings is 1. The summed E-state index contributed by atoms with van der Waals surface area (Å²) in [5.74, 6) is 0.669. The maximum absolute atomic E-state index is 12.1. The number of carbonyl (C=O) groups excluding carboxylic acids is 1. The number of nitrogens with zero attached hydrogens (tertiary/aromatic N) is 2. The molecule has 6 heteroatoms. The van der Waals surface area contributed by atoms with Crippen molar-refractivity contribution in [3.05, 3.63) is 52.7 Å². The highest BCUT2D eigenvalue weighted by molar-refractivity contribution is 7.13. The molecule has 1 aromatic carbocycles. The Bertz CT molecular complexity index is 794. The Morgan fingerprint density at radius 2 is 2.18 bits per heavy atom. The van der Waals surface area contributed by atoms with Gasteiger partial charge in [-0.25, -0.2) is 0 Å². The zero-order chi connectivity index (χ0) is 15.5. The van der Waals surface area contributed by atoms with Crippen LogP contribution in [-0.4, -0.2) is 16.0 Å². The van der Waals surface area contributed by atoms with E-state index >= 15 is 0 Å². The largest absolute Gasteiger partial charge is 0.333 e. The van der Waals surface area contributed by atoms with Gasteiger partial charge >= 0.3 is 0 Å². The van der Waals surface area contributed by atoms with Gasteiger partial charge in [0.25, 0.3) is 5.89 Å². The maximum Gasteiger partial charge on any atom is 0.267 e. The first-order valence-electron chi connectivity index (χ1n) is 6.85. The summed E-state index contributed by atoms with van der Waals surface area (Å²) < 4.78 is 5.17. The highest BCUT2D eigenvalue weighted by atomic mass is 32.1. The number of rotatable bonds is 4. The van der Waals surface area contributed by atoms with E-state index in [9.17, 15) is 4.79 Å². The molecule has 0 fully saturated rings. The lowest BCUT2D eigenvalue weighted by Gasteiger charge is -2.08. The van der Waals surface area contributed by atoms with Crippen LogP contribution in [-0.2, 0) is 11.2 Å². The van der Waals surface area contributed by atoms with Gasteiger partial charge in [-0.15, -0.1) is 11.3 Å². The lowest BCUT2D eigenvalue weighted by atomic mass is 10.1. The molecule has 0 bridgehead atoms. The van der Waals surface area contributed by atoms with Crippen molar-refractivity contribution in [3.63, 3.8) is 0 Å². The summed E-state index contributed by atoms with van der Waals surface area (Å²) in [4.78, 5) is 17.3. The van der Waals surface area contributed by atoms with Crippen molar-refractivity contribution in [1.29, 1.82) is 0 Å². The summed E-state index contributed by atoms with van der Waals surface area (Å²) in [6.07, 6.45) is 0.0856. The zero-order valence-electron chi connectivity index (χ0n) is 12.3. The van der Waals surface area contributed by atoms with E-state index in [1.807, 2.05) is 49.6 Å². The molecule has 1 amide bonds. The number of hydrogen-bond donors (Lipinski definition) is 1. The van der Waals surface area contributed by atoms with Crippen LogP contribution < -0.4 is 5.32 Å². The smallest absolute Gasteiger partial charge is 0.267 e. The minimum absolute atomic E-state index is 0.0856. The average molecular weight is 313 g/mol. The summed E-state index contributed by atoms with van der Waals surface area (Å²) in [7, 11) is 0. The van der Waals surface area contributed by atoms with E-state index in [2.05, 4.69) is 15.5 Å². The number of hydrogen-bond acceptors (Lipinski definition) is 5. The van der Waals surface area contributed by atoms with E-state index in [1.165, 1.54) is 11.3 Å². The molecule has 0 spiro atoms. The van der Waals surface area contributed by atoms with Crippen molar-refractivity contribution in [2.45, 2.75) is 20.3 Å². The Hall–Kier alpha value is -2.47. The van der Waals surface area contributed by atoms with Crippen LogP contribution >= 0.6 is 11.3 Å². The Labute approximate surface area is 132 Å². The number of nitrogens with one attached hydrogen (secondary N) is 1. The molecule has 5 nitrogen and oxygen atoms in total. The van der Waals surface area contributed by atoms with E-state index in [0.29, 0.717) is 11.7 Å². The van der Waals surface area contributed by atoms with Crippen LogP contribution in [0.1, 0.15) is 17.0 Å². The number of aryl methyl sites for hydroxylation is 2. The second kappa shape index (κ2) is 6.11. The number of aromatic nitrogens is 2. The van der Waals surface area contributed by atoms with Gasteiger partial charge < -0.3 is 9.84 Å². The lowest BCUT2D eigenvalue weighted by Crippen LogP contribution is -2.16. The van der Waals surface area contributed by atoms with E-state index in [0.717, 1.165) is 21.7 Å². The van der Waals surface area contributed by atoms with Gasteiger partial charge in [0.15, 0.2) is 5.82 Å². The first kappa shape index (κ1) is 14.5. The second-order valence-corrected chi connectivity index (χ2v) is 5.98. The van der Waals surface area contributed by atoms with Gasteiger partial charge in [-0.1, -0.05) is 23.4 Å². The number of carbonyl (C=O) groups is 1. The predicted octanol–water partition coefficient (Wildman–Crippen LogP) is 3.60. The molecule has 0 atom stereocenters. The molecule has 112 valence electrons. The minimum atomic E-state index is -0.160. The summed E-state index contributed by atoms with van der Waals surface area (Å²) in [6.45, 7) is 3.94. The fraction of sp³-hybridized carbons (Fsp3) is 0.188. The minimum Gasteiger partial charge on any atom is -0.333 e. The monoisotopic (exact) mass is 313 g/mol. The zero-order valence-corrected chi connectivity index (χ0v) is 13.1. The molecule has 22 heavy (non-hydrogen) atoms. The third kappa shape index (κ3) is 3.23. The van der Waals surface area contributed by atoms with Crippen molar-refractivity contribution >= 4 is 22.9 Å². The molecule has 0 unspecified atom stereocenters. The SMILES string of the molecule is Cc1ccc(C)c(NC(=O)Cc2noc(-c3cccs3)n2)c1. The molecule has 0 radical (unpaired) electrons. The molecule has 0 saturated carbocycles. The van der Waals surface area contributed by atoms with E-state index in [1.54, 1.807) is 0 Å². The molecule has 0 saturated heterocycles. The van der Waals surface area contributed by atoms with Crippen LogP contribution in [0.2, 0.25) is 0 Å². The highest BCUT2D eigenvalue weighted by Gasteiger charge is 2.13. The third-order valence-electron chi connectivity index (χ3n) is 3.19. The molecular weight excluding hydrogens is 298 g/mol. The summed E-state index contributed by atoms with van der Waals surface area (Å²) in [5, 5.41) is 8.68. The summed E-state index contributed by atoms with van der Waals surface area (Å²) in [5.41, 5.74) is 2.93. The van der Waals surface area contributed by atoms with E-state index < -0.39 is 0 Å². The van der Waals surface area contributed by atoms with Crippen LogP contribution in [0.5, 0.6) is 0 Å². The van der Waals surface area contributed by atoms with E-state index in [-0.39, 0.29) is 12.3 Å². The van der Waals surface area contributed by atoms with Crippen LogP contribution in [0, 0.1) is 13.8 Å². The van der Waals surface area contributed by atoms with Crippen molar-refractivity contribution in [2.75, 3.05) is 5.32 Å². The van der Waals surface area contributed by atoms with Gasteiger partial charge in [0.1, 0.15) is 0 Å². The molecule has 2 aromatic heterocycles. The number of anilines is 1. The first-order chi connectivity index (χ1) is 10.6. The number of benzene rings is 1. The molecule has 1 N–H and O–H groups in total. The Morgan fingerprint density at radius 1 is 1.32 bits per heavy atom. The van der Waals surface area contributed by atoms with Gasteiger partial charge in [-0.05, 0) is 42.5 Å². The van der Waals surface area contributed by atoms with Crippen molar-refractivity contribution < 1.29 is 9.32 Å². The Kier molecular flexibility index (Phi) is 4.02. The van der Waals surface area contributed by atoms with Gasteiger partial charge in [-0.3, -0.25) is 4.79 Å². The maximum atomic E-state index is 12.1. The van der Waals surface area contributed by atoms with Gasteiger partial charge in [0.2, 0.25) is 5.91 Å². The van der Waals surface area contributed by atoms with Crippen LogP contribution in [0.15, 0.2) is 40.2 Å². The number of amides is 1. The molecule has 3 rings (SSSR count). The molecular formula is C16H15N3O2S. The normalized spacial score (nSPS) is 10.6. The first-order valence-corrected chi connectivity index (χ1v) is 7.73. The van der Waals surface area contributed by atoms with Crippen LogP contribution in [0.25, 0.3) is 10.8 Å². The summed E-state index contributed by atoms with van der Waals surface area (Å²) >= 11 is 1.52. The highest BCUT2D eigenvalue weighted by Crippen LogP contribution is 2.22. The van der Waals surface area contributed by atoms with Gasteiger partial charge in [-0.2, -0.15) is 4.98 Å². The Morgan fingerprint density at radius 3 is 2.95 bits per heavy atom. The van der Waals surface area contributed by atoms with Crippen molar-refractivity contribution in [2.24, 2.45) is 0 Å². The molecule has 0 aliphatic rings. The lowest BCUT2D eigenvalue weighted by molar-refractivity contribution is -0.115. The standard InChI is InChI=1S/C16H15N3O2S/c1-10-5-6-11(2)12(8-10)17-15(20)9-14-18-16(21-19-14)13-4-3-7-22-13/h3-8H,9H2,1-2H3,(H,17,20). The Balaban J connectivity index is 1.68. The second-order valence-electron chi connectivity index (χ2n) is 5.04. The van der Waals surface area contributed by atoms with Crippen LogP contribution in [0.3, 0.4) is 0 Å². The molecule has 0 aliphatic carbocycles. The van der Waals surface area contributed by atoms with Crippen LogP contribution in [0.4, 0.5) is 5.69 Å². The summed E-state index contributed by atoms with van der Waals surface area (Å²) in [6, 6.07) is 9.75. The molecule has 0 aliphatic heterocycles. The quantitative estimate of drug-likeness (QED) is 0.799.